The summed E-state index contributed by atoms with van der Waals surface area (Å²) >= 11 is 4.66. The second kappa shape index (κ2) is 6.54. The molecule has 0 saturated heterocycles. The third-order valence-corrected chi connectivity index (χ3v) is 4.06. The summed E-state index contributed by atoms with van der Waals surface area (Å²) in [5, 5.41) is 10.5. The number of fused-ring (bicyclic) bond motifs is 1. The van der Waals surface area contributed by atoms with Crippen molar-refractivity contribution in [3.05, 3.63) is 28.5 Å². The molecular weight excluding hydrogens is 340 g/mol. The van der Waals surface area contributed by atoms with Crippen molar-refractivity contribution in [2.45, 2.75) is 25.3 Å². The molecule has 0 aliphatic heterocycles. The molecule has 1 aromatic heterocycles. The largest absolute Gasteiger partial charge is 0.481 e. The highest BCUT2D eigenvalue weighted by Gasteiger charge is 2.11. The van der Waals surface area contributed by atoms with E-state index >= 15 is 0 Å². The number of aromatic nitrogens is 2. The summed E-state index contributed by atoms with van der Waals surface area (Å²) in [6, 6.07) is 5.79. The fourth-order valence-corrected chi connectivity index (χ4v) is 2.93. The minimum atomic E-state index is -0.845. The van der Waals surface area contributed by atoms with Crippen LogP contribution in [0.25, 0.3) is 10.9 Å². The van der Waals surface area contributed by atoms with E-state index in [0.29, 0.717) is 5.92 Å². The first kappa shape index (κ1) is 15.3. The van der Waals surface area contributed by atoms with Crippen LogP contribution in [-0.2, 0) is 11.2 Å². The van der Waals surface area contributed by atoms with Crippen molar-refractivity contribution in [1.29, 1.82) is 0 Å². The van der Waals surface area contributed by atoms with Gasteiger partial charge >= 0.3 is 5.97 Å². The molecule has 1 heterocycles. The van der Waals surface area contributed by atoms with Gasteiger partial charge in [0.1, 0.15) is 10.9 Å². The molecule has 1 aromatic carbocycles. The normalized spacial score (nSPS) is 11.2. The molecule has 0 fully saturated rings. The maximum Gasteiger partial charge on any atom is 0.313 e. The minimum absolute atomic E-state index is 0.000253. The van der Waals surface area contributed by atoms with Crippen LogP contribution < -0.4 is 0 Å². The topological polar surface area (TPSA) is 63.1 Å². The summed E-state index contributed by atoms with van der Waals surface area (Å²) < 4.78 is 0.933. The van der Waals surface area contributed by atoms with E-state index in [2.05, 4.69) is 39.7 Å². The van der Waals surface area contributed by atoms with Crippen LogP contribution in [0.15, 0.2) is 27.7 Å². The van der Waals surface area contributed by atoms with Gasteiger partial charge in [0.05, 0.1) is 11.3 Å². The second-order valence-corrected chi connectivity index (χ2v) is 6.77. The Morgan fingerprint density at radius 3 is 2.80 bits per heavy atom. The van der Waals surface area contributed by atoms with Gasteiger partial charge in [-0.2, -0.15) is 0 Å². The molecule has 20 heavy (non-hydrogen) atoms. The molecule has 0 unspecified atom stereocenters. The first-order valence-corrected chi connectivity index (χ1v) is 8.04. The lowest BCUT2D eigenvalue weighted by Crippen LogP contribution is -2.04. The van der Waals surface area contributed by atoms with Gasteiger partial charge in [0.2, 0.25) is 0 Å². The van der Waals surface area contributed by atoms with Crippen molar-refractivity contribution in [3.8, 4) is 0 Å². The lowest BCUT2D eigenvalue weighted by molar-refractivity contribution is -0.133. The Morgan fingerprint density at radius 1 is 1.40 bits per heavy atom. The number of hydrogen-bond donors (Lipinski definition) is 1. The fourth-order valence-electron chi connectivity index (χ4n) is 1.82. The van der Waals surface area contributed by atoms with E-state index in [-0.39, 0.29) is 5.75 Å². The van der Waals surface area contributed by atoms with Crippen molar-refractivity contribution < 1.29 is 9.90 Å². The van der Waals surface area contributed by atoms with Gasteiger partial charge in [-0.05, 0) is 24.1 Å². The number of thioether (sulfide) groups is 1. The van der Waals surface area contributed by atoms with E-state index < -0.39 is 5.97 Å². The molecule has 2 aromatic rings. The Hall–Kier alpha value is -1.14. The summed E-state index contributed by atoms with van der Waals surface area (Å²) in [6.45, 7) is 4.22. The van der Waals surface area contributed by atoms with Crippen LogP contribution in [0.2, 0.25) is 0 Å². The van der Waals surface area contributed by atoms with Crippen LogP contribution in [0.3, 0.4) is 0 Å². The number of hydrogen-bond acceptors (Lipinski definition) is 4. The number of halogens is 1. The first-order valence-electron chi connectivity index (χ1n) is 6.26. The lowest BCUT2D eigenvalue weighted by atomic mass is 10.1. The van der Waals surface area contributed by atoms with E-state index in [1.54, 1.807) is 0 Å². The molecule has 0 saturated carbocycles. The summed E-state index contributed by atoms with van der Waals surface area (Å²) in [7, 11) is 0. The average Bonchev–Trinajstić information content (AvgIpc) is 2.35. The van der Waals surface area contributed by atoms with Crippen molar-refractivity contribution in [2.75, 3.05) is 5.75 Å². The van der Waals surface area contributed by atoms with Crippen molar-refractivity contribution in [2.24, 2.45) is 5.92 Å². The van der Waals surface area contributed by atoms with Crippen molar-refractivity contribution in [1.82, 2.24) is 9.97 Å². The summed E-state index contributed by atoms with van der Waals surface area (Å²) in [5.74, 6) is 0.379. The van der Waals surface area contributed by atoms with E-state index in [0.717, 1.165) is 32.6 Å². The van der Waals surface area contributed by atoms with Gasteiger partial charge in [0.25, 0.3) is 0 Å². The standard InChI is InChI=1S/C14H15BrN2O2S/c1-8(2)5-12-16-11-4-3-9(15)6-10(11)14(17-12)20-7-13(18)19/h3-4,6,8H,5,7H2,1-2H3,(H,18,19). The van der Waals surface area contributed by atoms with Gasteiger partial charge in [-0.25, -0.2) is 9.97 Å². The number of carbonyl (C=O) groups is 1. The zero-order chi connectivity index (χ0) is 14.7. The third kappa shape index (κ3) is 3.93. The molecule has 0 bridgehead atoms. The molecule has 0 aliphatic carbocycles. The number of aliphatic carboxylic acids is 1. The van der Waals surface area contributed by atoms with Crippen LogP contribution in [0.5, 0.6) is 0 Å². The summed E-state index contributed by atoms with van der Waals surface area (Å²) in [5.41, 5.74) is 0.853. The third-order valence-electron chi connectivity index (χ3n) is 2.59. The summed E-state index contributed by atoms with van der Waals surface area (Å²) in [6.07, 6.45) is 0.784. The van der Waals surface area contributed by atoms with Gasteiger partial charge in [0.15, 0.2) is 0 Å². The number of rotatable bonds is 5. The molecule has 0 radical (unpaired) electrons. The molecule has 0 atom stereocenters. The van der Waals surface area contributed by atoms with Crippen LogP contribution >= 0.6 is 27.7 Å². The molecule has 0 amide bonds. The summed E-state index contributed by atoms with van der Waals surface area (Å²) in [4.78, 5) is 19.8. The zero-order valence-corrected chi connectivity index (χ0v) is 13.7. The average molecular weight is 355 g/mol. The number of carboxylic acid groups (broad SMARTS) is 1. The Kier molecular flexibility index (Phi) is 4.99. The van der Waals surface area contributed by atoms with Crippen LogP contribution in [0, 0.1) is 5.92 Å². The lowest BCUT2D eigenvalue weighted by Gasteiger charge is -2.09. The Bertz CT molecular complexity index is 646. The Morgan fingerprint density at radius 2 is 2.15 bits per heavy atom. The first-order chi connectivity index (χ1) is 9.45. The molecule has 106 valence electrons. The minimum Gasteiger partial charge on any atom is -0.481 e. The highest BCUT2D eigenvalue weighted by molar-refractivity contribution is 9.10. The van der Waals surface area contributed by atoms with Gasteiger partial charge in [-0.1, -0.05) is 41.5 Å². The number of nitrogens with zero attached hydrogens (tertiary/aromatic N) is 2. The maximum atomic E-state index is 10.8. The molecule has 6 heteroatoms. The van der Waals surface area contributed by atoms with Crippen LogP contribution in [0.1, 0.15) is 19.7 Å². The molecule has 1 N–H and O–H groups in total. The van der Waals surface area contributed by atoms with E-state index in [1.165, 1.54) is 11.8 Å². The Balaban J connectivity index is 2.48. The highest BCUT2D eigenvalue weighted by atomic mass is 79.9. The zero-order valence-electron chi connectivity index (χ0n) is 11.3. The predicted octanol–water partition coefficient (Wildman–Crippen LogP) is 3.77. The monoisotopic (exact) mass is 354 g/mol. The maximum absolute atomic E-state index is 10.8. The van der Waals surface area contributed by atoms with E-state index in [1.807, 2.05) is 18.2 Å². The quantitative estimate of drug-likeness (QED) is 0.653. The highest BCUT2D eigenvalue weighted by Crippen LogP contribution is 2.28. The van der Waals surface area contributed by atoms with Gasteiger partial charge in [-0.15, -0.1) is 0 Å². The van der Waals surface area contributed by atoms with Gasteiger partial charge in [-0.3, -0.25) is 4.79 Å². The SMILES string of the molecule is CC(C)Cc1nc(SCC(=O)O)c2cc(Br)ccc2n1. The van der Waals surface area contributed by atoms with Crippen LogP contribution in [-0.4, -0.2) is 26.8 Å². The molecular formula is C14H15BrN2O2S. The predicted molar refractivity (Wildman–Crippen MR) is 84.1 cm³/mol. The molecule has 4 nitrogen and oxygen atoms in total. The van der Waals surface area contributed by atoms with Crippen LogP contribution in [0.4, 0.5) is 0 Å². The van der Waals surface area contributed by atoms with E-state index in [9.17, 15) is 4.79 Å². The fraction of sp³-hybridized carbons (Fsp3) is 0.357. The van der Waals surface area contributed by atoms with E-state index in [4.69, 9.17) is 5.11 Å². The molecule has 0 spiro atoms. The smallest absolute Gasteiger partial charge is 0.313 e. The Labute approximate surface area is 130 Å². The van der Waals surface area contributed by atoms with Crippen molar-refractivity contribution >= 4 is 44.6 Å². The van der Waals surface area contributed by atoms with Crippen molar-refractivity contribution in [3.63, 3.8) is 0 Å². The second-order valence-electron chi connectivity index (χ2n) is 4.89. The molecule has 2 rings (SSSR count). The van der Waals surface area contributed by atoms with Gasteiger partial charge in [0, 0.05) is 16.3 Å². The number of benzene rings is 1. The van der Waals surface area contributed by atoms with Gasteiger partial charge < -0.3 is 5.11 Å². The molecule has 0 aliphatic rings. The number of carboxylic acids is 1.